The highest BCUT2D eigenvalue weighted by atomic mass is 16.6. The van der Waals surface area contributed by atoms with Gasteiger partial charge in [-0.2, -0.15) is 0 Å². The van der Waals surface area contributed by atoms with Gasteiger partial charge in [0, 0.05) is 18.2 Å². The first-order valence-corrected chi connectivity index (χ1v) is 9.46. The molecule has 33 heavy (non-hydrogen) atoms. The van der Waals surface area contributed by atoms with Crippen LogP contribution in [0.25, 0.3) is 0 Å². The van der Waals surface area contributed by atoms with Crippen molar-refractivity contribution in [1.82, 2.24) is 0 Å². The van der Waals surface area contributed by atoms with Gasteiger partial charge in [-0.05, 0) is 19.9 Å². The van der Waals surface area contributed by atoms with Gasteiger partial charge in [-0.1, -0.05) is 0 Å². The van der Waals surface area contributed by atoms with Crippen LogP contribution in [0.1, 0.15) is 24.2 Å². The van der Waals surface area contributed by atoms with Crippen LogP contribution in [0.4, 0.5) is 17.1 Å². The summed E-state index contributed by atoms with van der Waals surface area (Å²) in [6.07, 6.45) is -1.42. The maximum atomic E-state index is 12.6. The highest BCUT2D eigenvalue weighted by Crippen LogP contribution is 2.35. The van der Waals surface area contributed by atoms with Gasteiger partial charge in [0.05, 0.1) is 42.4 Å². The van der Waals surface area contributed by atoms with E-state index in [9.17, 15) is 29.8 Å². The predicted octanol–water partition coefficient (Wildman–Crippen LogP) is 3.10. The Labute approximate surface area is 187 Å². The van der Waals surface area contributed by atoms with E-state index in [1.54, 1.807) is 6.92 Å². The first-order valence-electron chi connectivity index (χ1n) is 9.46. The molecule has 2 rings (SSSR count). The van der Waals surface area contributed by atoms with Gasteiger partial charge in [0.1, 0.15) is 11.3 Å². The quantitative estimate of drug-likeness (QED) is 0.314. The number of nitrogens with one attached hydrogen (secondary N) is 1. The third kappa shape index (κ3) is 5.84. The number of rotatable bonds is 10. The molecular formula is C20H21N3O10. The van der Waals surface area contributed by atoms with Crippen LogP contribution in [-0.2, 0) is 9.53 Å². The van der Waals surface area contributed by atoms with Crippen molar-refractivity contribution in [2.75, 3.05) is 26.1 Å². The largest absolute Gasteiger partial charge is 0.495 e. The Morgan fingerprint density at radius 1 is 1.00 bits per heavy atom. The molecule has 0 aromatic heterocycles. The van der Waals surface area contributed by atoms with Gasteiger partial charge in [0.25, 0.3) is 17.3 Å². The molecule has 0 radical (unpaired) electrons. The summed E-state index contributed by atoms with van der Waals surface area (Å²) in [5, 5.41) is 24.8. The van der Waals surface area contributed by atoms with Gasteiger partial charge in [-0.15, -0.1) is 0 Å². The Hall–Kier alpha value is -4.42. The molecule has 0 saturated heterocycles. The number of methoxy groups -OCH3 is 2. The molecular weight excluding hydrogens is 442 g/mol. The van der Waals surface area contributed by atoms with E-state index in [4.69, 9.17) is 18.9 Å². The summed E-state index contributed by atoms with van der Waals surface area (Å²) in [6, 6.07) is 5.67. The zero-order valence-corrected chi connectivity index (χ0v) is 18.1. The van der Waals surface area contributed by atoms with Crippen molar-refractivity contribution in [3.8, 4) is 17.2 Å². The van der Waals surface area contributed by atoms with Crippen LogP contribution >= 0.6 is 0 Å². The predicted molar refractivity (Wildman–Crippen MR) is 114 cm³/mol. The second-order valence-electron chi connectivity index (χ2n) is 6.39. The summed E-state index contributed by atoms with van der Waals surface area (Å²) in [5.41, 5.74) is -1.37. The van der Waals surface area contributed by atoms with Crippen molar-refractivity contribution in [3.63, 3.8) is 0 Å². The molecule has 1 N–H and O–H groups in total. The van der Waals surface area contributed by atoms with E-state index in [1.807, 2.05) is 0 Å². The minimum Gasteiger partial charge on any atom is -0.495 e. The molecule has 0 aliphatic heterocycles. The molecule has 0 aliphatic rings. The number of benzene rings is 2. The zero-order valence-electron chi connectivity index (χ0n) is 18.1. The zero-order chi connectivity index (χ0) is 24.7. The van der Waals surface area contributed by atoms with Crippen LogP contribution in [0.2, 0.25) is 0 Å². The third-order valence-corrected chi connectivity index (χ3v) is 4.30. The molecule has 0 aliphatic carbocycles. The normalized spacial score (nSPS) is 11.2. The van der Waals surface area contributed by atoms with Crippen LogP contribution in [0, 0.1) is 20.2 Å². The molecule has 13 heteroatoms. The summed E-state index contributed by atoms with van der Waals surface area (Å²) in [5.74, 6) is -1.74. The van der Waals surface area contributed by atoms with Crippen LogP contribution in [0.5, 0.6) is 17.2 Å². The lowest BCUT2D eigenvalue weighted by molar-refractivity contribution is -0.385. The number of nitrogens with zero attached hydrogens (tertiary/aromatic N) is 2. The average molecular weight is 463 g/mol. The minimum absolute atomic E-state index is 0.0201. The fourth-order valence-electron chi connectivity index (χ4n) is 2.71. The van der Waals surface area contributed by atoms with Crippen molar-refractivity contribution in [2.45, 2.75) is 20.0 Å². The molecule has 1 atom stereocenters. The number of carbonyl (C=O) groups excluding carboxylic acids is 2. The number of amides is 1. The van der Waals surface area contributed by atoms with Gasteiger partial charge in [-0.25, -0.2) is 4.79 Å². The average Bonchev–Trinajstić information content (AvgIpc) is 2.78. The smallest absolute Gasteiger partial charge is 0.346 e. The molecule has 0 saturated carbocycles. The summed E-state index contributed by atoms with van der Waals surface area (Å²) in [7, 11) is 2.60. The maximum Gasteiger partial charge on any atom is 0.346 e. The SMILES string of the molecule is CCOc1cc([N+](=O)[O-])c(C(=O)OC(C)C(=O)Nc2cc([N+](=O)[O-])ccc2OC)cc1OC. The molecule has 0 bridgehead atoms. The van der Waals surface area contributed by atoms with Gasteiger partial charge >= 0.3 is 5.97 Å². The van der Waals surface area contributed by atoms with Gasteiger partial charge in [-0.3, -0.25) is 25.0 Å². The number of nitro groups is 2. The molecule has 0 fully saturated rings. The number of nitro benzene ring substituents is 2. The van der Waals surface area contributed by atoms with Crippen LogP contribution in [0.15, 0.2) is 30.3 Å². The number of ether oxygens (including phenoxy) is 4. The number of non-ortho nitro benzene ring substituents is 1. The molecule has 13 nitrogen and oxygen atoms in total. The van der Waals surface area contributed by atoms with E-state index < -0.39 is 39.1 Å². The van der Waals surface area contributed by atoms with Crippen molar-refractivity contribution in [1.29, 1.82) is 0 Å². The van der Waals surface area contributed by atoms with E-state index >= 15 is 0 Å². The van der Waals surface area contributed by atoms with Gasteiger partial charge in [0.15, 0.2) is 17.6 Å². The first-order chi connectivity index (χ1) is 15.6. The Morgan fingerprint density at radius 2 is 1.67 bits per heavy atom. The van der Waals surface area contributed by atoms with Crippen LogP contribution in [0.3, 0.4) is 0 Å². The van der Waals surface area contributed by atoms with Gasteiger partial charge < -0.3 is 24.3 Å². The molecule has 176 valence electrons. The van der Waals surface area contributed by atoms with Crippen molar-refractivity contribution >= 4 is 28.9 Å². The number of carbonyl (C=O) groups is 2. The molecule has 0 heterocycles. The Balaban J connectivity index is 2.27. The fraction of sp³-hybridized carbons (Fsp3) is 0.300. The van der Waals surface area contributed by atoms with Crippen molar-refractivity contribution < 1.29 is 38.4 Å². The monoisotopic (exact) mass is 463 g/mol. The van der Waals surface area contributed by atoms with E-state index in [2.05, 4.69) is 5.32 Å². The highest BCUT2D eigenvalue weighted by Gasteiger charge is 2.29. The molecule has 2 aromatic rings. The lowest BCUT2D eigenvalue weighted by atomic mass is 10.1. The van der Waals surface area contributed by atoms with Gasteiger partial charge in [0.2, 0.25) is 0 Å². The first kappa shape index (κ1) is 24.8. The number of esters is 1. The standard InChI is InChI=1S/C20H21N3O10/c1-5-32-18-10-15(23(28)29)13(9-17(18)31-4)20(25)33-11(2)19(24)21-14-8-12(22(26)27)6-7-16(14)30-3/h6-11H,5H2,1-4H3,(H,21,24). The Bertz CT molecular complexity index is 1090. The molecule has 0 spiro atoms. The highest BCUT2D eigenvalue weighted by molar-refractivity contribution is 6.00. The van der Waals surface area contributed by atoms with E-state index in [1.165, 1.54) is 33.3 Å². The Morgan fingerprint density at radius 3 is 2.21 bits per heavy atom. The Kier molecular flexibility index (Phi) is 8.09. The minimum atomic E-state index is -1.42. The van der Waals surface area contributed by atoms with Crippen LogP contribution in [-0.4, -0.2) is 48.7 Å². The summed E-state index contributed by atoms with van der Waals surface area (Å²) < 4.78 is 20.5. The van der Waals surface area contributed by atoms with E-state index in [-0.39, 0.29) is 35.2 Å². The second-order valence-corrected chi connectivity index (χ2v) is 6.39. The van der Waals surface area contributed by atoms with Crippen molar-refractivity contribution in [2.24, 2.45) is 0 Å². The number of hydrogen-bond acceptors (Lipinski definition) is 10. The topological polar surface area (TPSA) is 169 Å². The van der Waals surface area contributed by atoms with Crippen molar-refractivity contribution in [3.05, 3.63) is 56.1 Å². The summed E-state index contributed by atoms with van der Waals surface area (Å²) in [6.45, 7) is 3.11. The molecule has 1 unspecified atom stereocenters. The maximum absolute atomic E-state index is 12.6. The van der Waals surface area contributed by atoms with E-state index in [0.29, 0.717) is 0 Å². The van der Waals surface area contributed by atoms with Crippen LogP contribution < -0.4 is 19.5 Å². The second kappa shape index (κ2) is 10.7. The lowest BCUT2D eigenvalue weighted by Crippen LogP contribution is -2.30. The number of anilines is 1. The van der Waals surface area contributed by atoms with E-state index in [0.717, 1.165) is 18.2 Å². The molecule has 1 amide bonds. The fourth-order valence-corrected chi connectivity index (χ4v) is 2.71. The third-order valence-electron chi connectivity index (χ3n) is 4.30. The summed E-state index contributed by atoms with van der Waals surface area (Å²) in [4.78, 5) is 46.1. The molecule has 2 aromatic carbocycles. The lowest BCUT2D eigenvalue weighted by Gasteiger charge is -2.16. The summed E-state index contributed by atoms with van der Waals surface area (Å²) >= 11 is 0. The number of hydrogen-bond donors (Lipinski definition) is 1.